The van der Waals surface area contributed by atoms with Crippen LogP contribution in [0.4, 0.5) is 4.39 Å². The Labute approximate surface area is 113 Å². The molecule has 2 N–H and O–H groups in total. The van der Waals surface area contributed by atoms with Crippen LogP contribution in [0.5, 0.6) is 0 Å². The third kappa shape index (κ3) is 3.39. The van der Waals surface area contributed by atoms with Crippen LogP contribution >= 0.6 is 11.3 Å². The Bertz CT molecular complexity index is 579. The van der Waals surface area contributed by atoms with Crippen molar-refractivity contribution in [1.29, 1.82) is 0 Å². The highest BCUT2D eigenvalue weighted by Crippen LogP contribution is 2.14. The number of aromatic nitrogens is 2. The summed E-state index contributed by atoms with van der Waals surface area (Å²) < 4.78 is 14.4. The predicted octanol–water partition coefficient (Wildman–Crippen LogP) is 2.09. The highest BCUT2D eigenvalue weighted by atomic mass is 32.1. The molecule has 5 nitrogen and oxygen atoms in total. The second-order valence-electron chi connectivity index (χ2n) is 3.95. The van der Waals surface area contributed by atoms with Gasteiger partial charge in [-0.05, 0) is 25.1 Å². The lowest BCUT2D eigenvalue weighted by molar-refractivity contribution is 0.0689. The summed E-state index contributed by atoms with van der Waals surface area (Å²) in [5.41, 5.74) is 0.845. The highest BCUT2D eigenvalue weighted by molar-refractivity contribution is 7.10. The molecule has 0 spiro atoms. The lowest BCUT2D eigenvalue weighted by Gasteiger charge is -2.05. The smallest absolute Gasteiger partial charge is 0.356 e. The Balaban J connectivity index is 1.96. The summed E-state index contributed by atoms with van der Waals surface area (Å²) in [4.78, 5) is 11.7. The van der Waals surface area contributed by atoms with Crippen LogP contribution in [0.25, 0.3) is 0 Å². The summed E-state index contributed by atoms with van der Waals surface area (Å²) in [7, 11) is 0. The van der Waals surface area contributed by atoms with E-state index in [2.05, 4.69) is 10.4 Å². The number of aromatic carboxylic acids is 1. The van der Waals surface area contributed by atoms with Gasteiger partial charge in [-0.15, -0.1) is 11.3 Å². The number of carboxylic acid groups (broad SMARTS) is 1. The Morgan fingerprint density at radius 3 is 2.89 bits per heavy atom. The number of nitrogens with zero attached hydrogens (tertiary/aromatic N) is 2. The SMILES string of the molecule is CCn1nc(C(=O)O)cc1CNCc1ccc(F)s1. The number of nitrogens with one attached hydrogen (secondary N) is 1. The molecule has 0 saturated carbocycles. The molecule has 0 aliphatic heterocycles. The first-order chi connectivity index (χ1) is 9.10. The van der Waals surface area contributed by atoms with Gasteiger partial charge in [0.25, 0.3) is 0 Å². The molecule has 0 aliphatic rings. The van der Waals surface area contributed by atoms with Gasteiger partial charge in [-0.2, -0.15) is 9.49 Å². The average molecular weight is 283 g/mol. The fourth-order valence-corrected chi connectivity index (χ4v) is 2.43. The molecule has 19 heavy (non-hydrogen) atoms. The molecule has 0 aromatic carbocycles. The van der Waals surface area contributed by atoms with Crippen molar-refractivity contribution < 1.29 is 14.3 Å². The molecule has 0 bridgehead atoms. The fourth-order valence-electron chi connectivity index (χ4n) is 1.74. The number of carboxylic acids is 1. The van der Waals surface area contributed by atoms with Crippen LogP contribution < -0.4 is 5.32 Å². The number of thiophene rings is 1. The molecule has 2 aromatic rings. The van der Waals surface area contributed by atoms with E-state index in [1.807, 2.05) is 6.92 Å². The number of hydrogen-bond donors (Lipinski definition) is 2. The first-order valence-electron chi connectivity index (χ1n) is 5.85. The third-order valence-corrected chi connectivity index (χ3v) is 3.49. The van der Waals surface area contributed by atoms with Crippen LogP contribution in [-0.2, 0) is 19.6 Å². The molecule has 0 atom stereocenters. The monoisotopic (exact) mass is 283 g/mol. The minimum atomic E-state index is -1.03. The average Bonchev–Trinajstić information content (AvgIpc) is 2.96. The standard InChI is InChI=1S/C12H14FN3O2S/c1-2-16-8(5-10(15-16)12(17)18)6-14-7-9-3-4-11(13)19-9/h3-5,14H,2,6-7H2,1H3,(H,17,18). The quantitative estimate of drug-likeness (QED) is 0.852. The molecule has 2 heterocycles. The van der Waals surface area contributed by atoms with E-state index in [1.54, 1.807) is 16.8 Å². The maximum Gasteiger partial charge on any atom is 0.356 e. The van der Waals surface area contributed by atoms with Crippen LogP contribution in [0, 0.1) is 5.13 Å². The van der Waals surface area contributed by atoms with Crippen molar-refractivity contribution in [2.24, 2.45) is 0 Å². The highest BCUT2D eigenvalue weighted by Gasteiger charge is 2.12. The van der Waals surface area contributed by atoms with E-state index in [-0.39, 0.29) is 10.8 Å². The minimum absolute atomic E-state index is 0.0424. The molecular formula is C12H14FN3O2S. The second-order valence-corrected chi connectivity index (χ2v) is 5.07. The Morgan fingerprint density at radius 1 is 1.53 bits per heavy atom. The van der Waals surface area contributed by atoms with Crippen LogP contribution in [0.2, 0.25) is 0 Å². The van der Waals surface area contributed by atoms with E-state index in [1.165, 1.54) is 6.07 Å². The number of rotatable bonds is 6. The molecule has 0 radical (unpaired) electrons. The van der Waals surface area contributed by atoms with Crippen LogP contribution in [0.3, 0.4) is 0 Å². The normalized spacial score (nSPS) is 10.8. The zero-order chi connectivity index (χ0) is 13.8. The van der Waals surface area contributed by atoms with Crippen molar-refractivity contribution in [2.45, 2.75) is 26.6 Å². The molecular weight excluding hydrogens is 269 g/mol. The number of aryl methyl sites for hydroxylation is 1. The van der Waals surface area contributed by atoms with Crippen molar-refractivity contribution >= 4 is 17.3 Å². The molecule has 0 aliphatic carbocycles. The van der Waals surface area contributed by atoms with Gasteiger partial charge in [-0.1, -0.05) is 0 Å². The second kappa shape index (κ2) is 5.94. The summed E-state index contributed by atoms with van der Waals surface area (Å²) in [6.45, 7) is 3.55. The topological polar surface area (TPSA) is 67.2 Å². The van der Waals surface area contributed by atoms with E-state index in [9.17, 15) is 9.18 Å². The minimum Gasteiger partial charge on any atom is -0.476 e. The molecule has 0 unspecified atom stereocenters. The van der Waals surface area contributed by atoms with Gasteiger partial charge < -0.3 is 10.4 Å². The van der Waals surface area contributed by atoms with Crippen LogP contribution in [-0.4, -0.2) is 20.9 Å². The molecule has 0 amide bonds. The van der Waals surface area contributed by atoms with E-state index < -0.39 is 5.97 Å². The number of halogens is 1. The van der Waals surface area contributed by atoms with Crippen molar-refractivity contribution in [1.82, 2.24) is 15.1 Å². The maximum atomic E-state index is 12.8. The van der Waals surface area contributed by atoms with Crippen LogP contribution in [0.1, 0.15) is 28.0 Å². The van der Waals surface area contributed by atoms with Crippen molar-refractivity contribution in [3.8, 4) is 0 Å². The molecule has 2 rings (SSSR count). The van der Waals surface area contributed by atoms with E-state index in [4.69, 9.17) is 5.11 Å². The Morgan fingerprint density at radius 2 is 2.32 bits per heavy atom. The maximum absolute atomic E-state index is 12.8. The lowest BCUT2D eigenvalue weighted by atomic mass is 10.3. The van der Waals surface area contributed by atoms with Gasteiger partial charge in [-0.25, -0.2) is 4.79 Å². The third-order valence-electron chi connectivity index (χ3n) is 2.62. The molecule has 2 aromatic heterocycles. The van der Waals surface area contributed by atoms with Gasteiger partial charge in [0.2, 0.25) is 0 Å². The predicted molar refractivity (Wildman–Crippen MR) is 69.7 cm³/mol. The van der Waals surface area contributed by atoms with Gasteiger partial charge >= 0.3 is 5.97 Å². The summed E-state index contributed by atoms with van der Waals surface area (Å²) >= 11 is 1.10. The summed E-state index contributed by atoms with van der Waals surface area (Å²) in [6, 6.07) is 4.71. The van der Waals surface area contributed by atoms with Gasteiger partial charge in [0.1, 0.15) is 0 Å². The lowest BCUT2D eigenvalue weighted by Crippen LogP contribution is -2.15. The first kappa shape index (κ1) is 13.7. The van der Waals surface area contributed by atoms with E-state index in [0.717, 1.165) is 21.9 Å². The van der Waals surface area contributed by atoms with Crippen LogP contribution in [0.15, 0.2) is 18.2 Å². The zero-order valence-electron chi connectivity index (χ0n) is 10.4. The molecule has 0 fully saturated rings. The Kier molecular flexibility index (Phi) is 4.28. The van der Waals surface area contributed by atoms with Crippen molar-refractivity contribution in [2.75, 3.05) is 0 Å². The first-order valence-corrected chi connectivity index (χ1v) is 6.66. The molecule has 0 saturated heterocycles. The van der Waals surface area contributed by atoms with E-state index >= 15 is 0 Å². The van der Waals surface area contributed by atoms with E-state index in [0.29, 0.717) is 19.6 Å². The summed E-state index contributed by atoms with van der Waals surface area (Å²) in [5, 5.41) is 15.8. The van der Waals surface area contributed by atoms with Gasteiger partial charge in [0.15, 0.2) is 10.8 Å². The van der Waals surface area contributed by atoms with Crippen molar-refractivity contribution in [3.63, 3.8) is 0 Å². The van der Waals surface area contributed by atoms with Crippen molar-refractivity contribution in [3.05, 3.63) is 39.6 Å². The summed E-state index contributed by atoms with van der Waals surface area (Å²) in [5.74, 6) is -1.03. The number of carbonyl (C=O) groups is 1. The summed E-state index contributed by atoms with van der Waals surface area (Å²) in [6.07, 6.45) is 0. The van der Waals surface area contributed by atoms with Gasteiger partial charge in [0.05, 0.1) is 5.69 Å². The number of hydrogen-bond acceptors (Lipinski definition) is 4. The zero-order valence-corrected chi connectivity index (χ0v) is 11.2. The molecule has 7 heteroatoms. The Hall–Kier alpha value is -1.73. The fraction of sp³-hybridized carbons (Fsp3) is 0.333. The molecule has 102 valence electrons. The van der Waals surface area contributed by atoms with Gasteiger partial charge in [0, 0.05) is 24.5 Å². The largest absolute Gasteiger partial charge is 0.476 e. The van der Waals surface area contributed by atoms with Gasteiger partial charge in [-0.3, -0.25) is 4.68 Å².